The Labute approximate surface area is 150 Å². The van der Waals surface area contributed by atoms with Crippen LogP contribution < -0.4 is 0 Å². The number of halogens is 1. The fourth-order valence-corrected chi connectivity index (χ4v) is 3.61. The van der Waals surface area contributed by atoms with Crippen molar-refractivity contribution in [2.75, 3.05) is 13.1 Å². The third-order valence-electron chi connectivity index (χ3n) is 4.70. The molecule has 1 atom stereocenters. The summed E-state index contributed by atoms with van der Waals surface area (Å²) in [7, 11) is 0. The van der Waals surface area contributed by atoms with Crippen molar-refractivity contribution in [3.05, 3.63) is 52.9 Å². The first-order valence-corrected chi connectivity index (χ1v) is 8.76. The molecule has 0 radical (unpaired) electrons. The number of aromatic amines is 1. The molecule has 128 valence electrons. The summed E-state index contributed by atoms with van der Waals surface area (Å²) in [4.78, 5) is 23.2. The van der Waals surface area contributed by atoms with Crippen LogP contribution in [0.15, 0.2) is 36.7 Å². The standard InChI is InChI=1S/C18H18ClN5O/c19-14-6-2-1-4-12(14)10-15(25)24-9-3-5-13(11-24)16-17-18(23-22-16)21-8-7-20-17/h1-2,4,6-8,13H,3,5,9-11H2,(H,21,22,23). The van der Waals surface area contributed by atoms with Gasteiger partial charge in [0.05, 0.1) is 12.1 Å². The molecule has 25 heavy (non-hydrogen) atoms. The number of fused-ring (bicyclic) bond motifs is 1. The first-order chi connectivity index (χ1) is 12.2. The van der Waals surface area contributed by atoms with Gasteiger partial charge < -0.3 is 4.90 Å². The Morgan fingerprint density at radius 3 is 3.00 bits per heavy atom. The molecular weight excluding hydrogens is 338 g/mol. The zero-order valence-corrected chi connectivity index (χ0v) is 14.4. The highest BCUT2D eigenvalue weighted by atomic mass is 35.5. The van der Waals surface area contributed by atoms with Gasteiger partial charge in [-0.05, 0) is 24.5 Å². The van der Waals surface area contributed by atoms with Gasteiger partial charge in [-0.2, -0.15) is 5.10 Å². The normalized spacial score (nSPS) is 17.8. The largest absolute Gasteiger partial charge is 0.342 e. The summed E-state index contributed by atoms with van der Waals surface area (Å²) < 4.78 is 0. The Morgan fingerprint density at radius 2 is 2.12 bits per heavy atom. The van der Waals surface area contributed by atoms with Gasteiger partial charge in [0.25, 0.3) is 0 Å². The number of rotatable bonds is 3. The van der Waals surface area contributed by atoms with Crippen molar-refractivity contribution >= 4 is 28.7 Å². The second-order valence-electron chi connectivity index (χ2n) is 6.31. The van der Waals surface area contributed by atoms with E-state index in [9.17, 15) is 4.79 Å². The predicted molar refractivity (Wildman–Crippen MR) is 95.4 cm³/mol. The van der Waals surface area contributed by atoms with Crippen LogP contribution in [0.5, 0.6) is 0 Å². The molecule has 1 aromatic carbocycles. The molecule has 1 unspecified atom stereocenters. The SMILES string of the molecule is O=C(Cc1ccccc1Cl)N1CCCC(c2[nH]nc3nccnc23)C1. The molecule has 4 rings (SSSR count). The number of carbonyl (C=O) groups excluding carboxylic acids is 1. The molecule has 3 aromatic rings. The minimum absolute atomic E-state index is 0.104. The smallest absolute Gasteiger partial charge is 0.227 e. The summed E-state index contributed by atoms with van der Waals surface area (Å²) in [5, 5.41) is 7.93. The molecular formula is C18H18ClN5O. The fourth-order valence-electron chi connectivity index (χ4n) is 3.41. The maximum absolute atomic E-state index is 12.7. The van der Waals surface area contributed by atoms with E-state index in [1.165, 1.54) is 0 Å². The lowest BCUT2D eigenvalue weighted by molar-refractivity contribution is -0.131. The van der Waals surface area contributed by atoms with E-state index in [0.29, 0.717) is 23.6 Å². The Kier molecular flexibility index (Phi) is 4.36. The molecule has 1 N–H and O–H groups in total. The van der Waals surface area contributed by atoms with Crippen LogP contribution in [0.1, 0.15) is 30.0 Å². The van der Waals surface area contributed by atoms with Crippen LogP contribution in [-0.2, 0) is 11.2 Å². The first-order valence-electron chi connectivity index (χ1n) is 8.38. The van der Waals surface area contributed by atoms with Crippen molar-refractivity contribution < 1.29 is 4.79 Å². The maximum Gasteiger partial charge on any atom is 0.227 e. The van der Waals surface area contributed by atoms with E-state index in [0.717, 1.165) is 36.2 Å². The number of aromatic nitrogens is 4. The van der Waals surface area contributed by atoms with Gasteiger partial charge in [0.2, 0.25) is 5.91 Å². The van der Waals surface area contributed by atoms with Crippen molar-refractivity contribution in [3.8, 4) is 0 Å². The Bertz CT molecular complexity index is 909. The van der Waals surface area contributed by atoms with Gasteiger partial charge >= 0.3 is 0 Å². The Morgan fingerprint density at radius 1 is 1.28 bits per heavy atom. The molecule has 7 heteroatoms. The summed E-state index contributed by atoms with van der Waals surface area (Å²) >= 11 is 6.18. The van der Waals surface area contributed by atoms with E-state index in [1.54, 1.807) is 12.4 Å². The molecule has 0 bridgehead atoms. The number of likely N-dealkylation sites (tertiary alicyclic amines) is 1. The molecule has 6 nitrogen and oxygen atoms in total. The average molecular weight is 356 g/mol. The minimum Gasteiger partial charge on any atom is -0.342 e. The Balaban J connectivity index is 1.51. The second-order valence-corrected chi connectivity index (χ2v) is 6.72. The van der Waals surface area contributed by atoms with Crippen molar-refractivity contribution in [2.45, 2.75) is 25.2 Å². The van der Waals surface area contributed by atoms with E-state index in [2.05, 4.69) is 20.2 Å². The lowest BCUT2D eigenvalue weighted by Gasteiger charge is -2.32. The Hall–Kier alpha value is -2.47. The molecule has 0 saturated carbocycles. The monoisotopic (exact) mass is 355 g/mol. The summed E-state index contributed by atoms with van der Waals surface area (Å²) in [6, 6.07) is 7.50. The molecule has 0 aliphatic carbocycles. The number of nitrogens with one attached hydrogen (secondary N) is 1. The maximum atomic E-state index is 12.7. The van der Waals surface area contributed by atoms with Crippen LogP contribution in [0.2, 0.25) is 5.02 Å². The van der Waals surface area contributed by atoms with E-state index in [1.807, 2.05) is 29.2 Å². The molecule has 2 aromatic heterocycles. The number of carbonyl (C=O) groups is 1. The molecule has 1 amide bonds. The number of H-pyrrole nitrogens is 1. The van der Waals surface area contributed by atoms with Crippen LogP contribution in [0.25, 0.3) is 11.2 Å². The van der Waals surface area contributed by atoms with Crippen LogP contribution in [-0.4, -0.2) is 44.1 Å². The number of hydrogen-bond acceptors (Lipinski definition) is 4. The van der Waals surface area contributed by atoms with Gasteiger partial charge in [-0.3, -0.25) is 9.89 Å². The van der Waals surface area contributed by atoms with Crippen molar-refractivity contribution in [1.29, 1.82) is 0 Å². The van der Waals surface area contributed by atoms with Gasteiger partial charge in [-0.25, -0.2) is 9.97 Å². The van der Waals surface area contributed by atoms with Crippen LogP contribution in [0.4, 0.5) is 0 Å². The van der Waals surface area contributed by atoms with Gasteiger partial charge in [-0.1, -0.05) is 29.8 Å². The highest BCUT2D eigenvalue weighted by Crippen LogP contribution is 2.29. The van der Waals surface area contributed by atoms with Gasteiger partial charge in [0, 0.05) is 36.4 Å². The third-order valence-corrected chi connectivity index (χ3v) is 5.07. The van der Waals surface area contributed by atoms with E-state index in [4.69, 9.17) is 11.6 Å². The molecule has 1 aliphatic heterocycles. The third kappa shape index (κ3) is 3.22. The number of nitrogens with zero attached hydrogens (tertiary/aromatic N) is 4. The molecule has 1 fully saturated rings. The minimum atomic E-state index is 0.104. The van der Waals surface area contributed by atoms with E-state index < -0.39 is 0 Å². The zero-order valence-electron chi connectivity index (χ0n) is 13.7. The average Bonchev–Trinajstić information content (AvgIpc) is 3.08. The van der Waals surface area contributed by atoms with Crippen LogP contribution >= 0.6 is 11.6 Å². The predicted octanol–water partition coefficient (Wildman–Crippen LogP) is 2.96. The van der Waals surface area contributed by atoms with Gasteiger partial charge in [0.1, 0.15) is 5.52 Å². The van der Waals surface area contributed by atoms with Crippen molar-refractivity contribution in [1.82, 2.24) is 25.1 Å². The van der Waals surface area contributed by atoms with Crippen LogP contribution in [0, 0.1) is 0 Å². The first kappa shape index (κ1) is 16.0. The van der Waals surface area contributed by atoms with E-state index >= 15 is 0 Å². The summed E-state index contributed by atoms with van der Waals surface area (Å²) in [5.41, 5.74) is 3.26. The summed E-state index contributed by atoms with van der Waals surface area (Å²) in [6.07, 6.45) is 5.59. The number of hydrogen-bond donors (Lipinski definition) is 1. The number of benzene rings is 1. The molecule has 0 spiro atoms. The number of piperidine rings is 1. The van der Waals surface area contributed by atoms with Gasteiger partial charge in [-0.15, -0.1) is 0 Å². The topological polar surface area (TPSA) is 74.8 Å². The van der Waals surface area contributed by atoms with E-state index in [-0.39, 0.29) is 11.8 Å². The van der Waals surface area contributed by atoms with Crippen LogP contribution in [0.3, 0.4) is 0 Å². The number of amides is 1. The highest BCUT2D eigenvalue weighted by Gasteiger charge is 2.28. The summed E-state index contributed by atoms with van der Waals surface area (Å²) in [5.74, 6) is 0.304. The second kappa shape index (κ2) is 6.80. The molecule has 3 heterocycles. The highest BCUT2D eigenvalue weighted by molar-refractivity contribution is 6.31. The van der Waals surface area contributed by atoms with Crippen molar-refractivity contribution in [2.24, 2.45) is 0 Å². The van der Waals surface area contributed by atoms with Crippen molar-refractivity contribution in [3.63, 3.8) is 0 Å². The molecule has 1 aliphatic rings. The van der Waals surface area contributed by atoms with Gasteiger partial charge in [0.15, 0.2) is 5.65 Å². The summed E-state index contributed by atoms with van der Waals surface area (Å²) in [6.45, 7) is 1.44. The quantitative estimate of drug-likeness (QED) is 0.783. The fraction of sp³-hybridized carbons (Fsp3) is 0.333. The lowest BCUT2D eigenvalue weighted by Crippen LogP contribution is -2.40. The zero-order chi connectivity index (χ0) is 17.2. The lowest BCUT2D eigenvalue weighted by atomic mass is 9.94. The molecule has 1 saturated heterocycles.